The van der Waals surface area contributed by atoms with Crippen molar-refractivity contribution in [3.8, 4) is 0 Å². The number of aliphatic hydroxyl groups excluding tert-OH is 1. The van der Waals surface area contributed by atoms with E-state index in [1.54, 1.807) is 6.92 Å². The lowest BCUT2D eigenvalue weighted by Gasteiger charge is -2.04. The van der Waals surface area contributed by atoms with Crippen molar-refractivity contribution in [2.24, 2.45) is 5.73 Å². The molecule has 3 N–H and O–H groups in total. The van der Waals surface area contributed by atoms with Gasteiger partial charge in [0.2, 0.25) is 0 Å². The fraction of sp³-hybridized carbons (Fsp3) is 1.00. The number of nitrogens with two attached hydrogens (primary N) is 1. The molecule has 50 valence electrons. The molecule has 0 amide bonds. The summed E-state index contributed by atoms with van der Waals surface area (Å²) in [7, 11) is 2.87. The lowest BCUT2D eigenvalue weighted by molar-refractivity contribution is 0.285. The molecular weight excluding hydrogens is 142 g/mol. The number of hydrogen-bond acceptors (Lipinski definition) is 4. The van der Waals surface area contributed by atoms with Crippen LogP contribution < -0.4 is 5.73 Å². The van der Waals surface area contributed by atoms with Crippen LogP contribution in [0.1, 0.15) is 13.8 Å². The summed E-state index contributed by atoms with van der Waals surface area (Å²) in [6.07, 6.45) is 0. The van der Waals surface area contributed by atoms with Gasteiger partial charge in [-0.25, -0.2) is 0 Å². The molecule has 8 heavy (non-hydrogen) atoms. The van der Waals surface area contributed by atoms with Gasteiger partial charge in [-0.05, 0) is 13.8 Å². The second-order valence-corrected chi connectivity index (χ2v) is 4.46. The van der Waals surface area contributed by atoms with Crippen LogP contribution in [-0.2, 0) is 0 Å². The first-order valence-corrected chi connectivity index (χ1v) is 4.66. The molecule has 2 atom stereocenters. The van der Waals surface area contributed by atoms with Crippen molar-refractivity contribution in [1.82, 2.24) is 0 Å². The first kappa shape index (κ1) is 8.62. The van der Waals surface area contributed by atoms with Gasteiger partial charge in [0.1, 0.15) is 5.44 Å². The smallest absolute Gasteiger partial charge is 0.107 e. The van der Waals surface area contributed by atoms with Crippen molar-refractivity contribution in [2.75, 3.05) is 0 Å². The van der Waals surface area contributed by atoms with Crippen molar-refractivity contribution in [2.45, 2.75) is 24.7 Å². The maximum atomic E-state index is 8.69. The second-order valence-electron chi connectivity index (χ2n) is 1.50. The van der Waals surface area contributed by atoms with Gasteiger partial charge in [-0.15, -0.1) is 0 Å². The van der Waals surface area contributed by atoms with Gasteiger partial charge in [-0.3, -0.25) is 0 Å². The van der Waals surface area contributed by atoms with Gasteiger partial charge in [-0.2, -0.15) is 0 Å². The Kier molecular flexibility index (Phi) is 4.84. The first-order chi connectivity index (χ1) is 3.63. The molecule has 0 heterocycles. The van der Waals surface area contributed by atoms with E-state index in [9.17, 15) is 0 Å². The van der Waals surface area contributed by atoms with Crippen LogP contribution in [0.2, 0.25) is 0 Å². The van der Waals surface area contributed by atoms with E-state index in [4.69, 9.17) is 10.8 Å². The van der Waals surface area contributed by atoms with Gasteiger partial charge >= 0.3 is 0 Å². The van der Waals surface area contributed by atoms with Gasteiger partial charge in [0.05, 0.1) is 5.37 Å². The Labute approximate surface area is 57.6 Å². The fourth-order valence-corrected chi connectivity index (χ4v) is 1.51. The Hall–Kier alpha value is 0.620. The van der Waals surface area contributed by atoms with Crippen molar-refractivity contribution < 1.29 is 5.11 Å². The molecule has 0 aromatic heterocycles. The summed E-state index contributed by atoms with van der Waals surface area (Å²) < 4.78 is 0. The Bertz CT molecular complexity index is 50.0. The van der Waals surface area contributed by atoms with E-state index >= 15 is 0 Å². The normalized spacial score (nSPS) is 18.0. The van der Waals surface area contributed by atoms with Crippen molar-refractivity contribution >= 4 is 21.6 Å². The molecule has 0 aliphatic rings. The average molecular weight is 153 g/mol. The minimum Gasteiger partial charge on any atom is -0.382 e. The average Bonchev–Trinajstić information content (AvgIpc) is 1.61. The zero-order valence-electron chi connectivity index (χ0n) is 5.00. The summed E-state index contributed by atoms with van der Waals surface area (Å²) in [5.74, 6) is 0. The van der Waals surface area contributed by atoms with Gasteiger partial charge in [0.15, 0.2) is 0 Å². The highest BCUT2D eigenvalue weighted by molar-refractivity contribution is 8.77. The Morgan fingerprint density at radius 1 is 1.38 bits per heavy atom. The summed E-state index contributed by atoms with van der Waals surface area (Å²) in [6.45, 7) is 3.61. The fourth-order valence-electron chi connectivity index (χ4n) is 0.168. The molecule has 0 rings (SSSR count). The summed E-state index contributed by atoms with van der Waals surface area (Å²) in [5, 5.41) is 8.79. The predicted octanol–water partition coefficient (Wildman–Crippen LogP) is 1.01. The third-order valence-corrected chi connectivity index (χ3v) is 3.12. The number of hydrogen-bond donors (Lipinski definition) is 2. The van der Waals surface area contributed by atoms with Gasteiger partial charge < -0.3 is 10.8 Å². The molecule has 0 radical (unpaired) electrons. The molecule has 2 nitrogen and oxygen atoms in total. The predicted molar refractivity (Wildman–Crippen MR) is 40.5 cm³/mol. The molecule has 0 aliphatic carbocycles. The van der Waals surface area contributed by atoms with E-state index in [0.717, 1.165) is 0 Å². The third kappa shape index (κ3) is 6.62. The van der Waals surface area contributed by atoms with Gasteiger partial charge in [-0.1, -0.05) is 21.6 Å². The summed E-state index contributed by atoms with van der Waals surface area (Å²) >= 11 is 0. The van der Waals surface area contributed by atoms with Crippen molar-refractivity contribution in [3.05, 3.63) is 0 Å². The van der Waals surface area contributed by atoms with Crippen LogP contribution in [0.4, 0.5) is 0 Å². The van der Waals surface area contributed by atoms with E-state index < -0.39 is 0 Å². The molecule has 0 spiro atoms. The summed E-state index contributed by atoms with van der Waals surface area (Å²) in [4.78, 5) is 0. The van der Waals surface area contributed by atoms with Crippen LogP contribution in [0.15, 0.2) is 0 Å². The largest absolute Gasteiger partial charge is 0.382 e. The van der Waals surface area contributed by atoms with Crippen molar-refractivity contribution in [1.29, 1.82) is 0 Å². The summed E-state index contributed by atoms with van der Waals surface area (Å²) in [5.41, 5.74) is 5.06. The first-order valence-electron chi connectivity index (χ1n) is 2.38. The quantitative estimate of drug-likeness (QED) is 0.469. The molecule has 0 aromatic rings. The van der Waals surface area contributed by atoms with E-state index in [1.807, 2.05) is 6.92 Å². The monoisotopic (exact) mass is 153 g/mol. The molecule has 0 saturated heterocycles. The highest BCUT2D eigenvalue weighted by Crippen LogP contribution is 2.26. The standard InChI is InChI=1S/C4H11NOS2/c1-3(5)7-8-4(2)6/h3-4,6H,5H2,1-2H3. The van der Waals surface area contributed by atoms with Crippen LogP contribution in [0, 0.1) is 0 Å². The molecule has 0 aromatic carbocycles. The molecule has 0 aliphatic heterocycles. The second kappa shape index (κ2) is 4.49. The topological polar surface area (TPSA) is 46.2 Å². The molecule has 0 bridgehead atoms. The van der Waals surface area contributed by atoms with Gasteiger partial charge in [0.25, 0.3) is 0 Å². The zero-order chi connectivity index (χ0) is 6.57. The van der Waals surface area contributed by atoms with Crippen LogP contribution in [0.5, 0.6) is 0 Å². The molecule has 0 saturated carbocycles. The van der Waals surface area contributed by atoms with Gasteiger partial charge in [0, 0.05) is 0 Å². The van der Waals surface area contributed by atoms with E-state index in [-0.39, 0.29) is 10.8 Å². The SMILES string of the molecule is CC(N)SSC(C)O. The van der Waals surface area contributed by atoms with Crippen LogP contribution >= 0.6 is 21.6 Å². The molecule has 4 heteroatoms. The third-order valence-electron chi connectivity index (χ3n) is 0.347. The minimum absolute atomic E-state index is 0.106. The molecule has 2 unspecified atom stereocenters. The van der Waals surface area contributed by atoms with E-state index in [0.29, 0.717) is 0 Å². The summed E-state index contributed by atoms with van der Waals surface area (Å²) in [6, 6.07) is 0. The van der Waals surface area contributed by atoms with Crippen LogP contribution in [0.25, 0.3) is 0 Å². The maximum absolute atomic E-state index is 8.69. The lowest BCUT2D eigenvalue weighted by Crippen LogP contribution is -2.08. The van der Waals surface area contributed by atoms with E-state index in [1.165, 1.54) is 21.6 Å². The zero-order valence-corrected chi connectivity index (χ0v) is 6.63. The van der Waals surface area contributed by atoms with Crippen molar-refractivity contribution in [3.63, 3.8) is 0 Å². The Morgan fingerprint density at radius 2 is 1.88 bits per heavy atom. The maximum Gasteiger partial charge on any atom is 0.107 e. The highest BCUT2D eigenvalue weighted by atomic mass is 33.1. The minimum atomic E-state index is -0.314. The Balaban J connectivity index is 2.93. The number of aliphatic hydroxyl groups is 1. The lowest BCUT2D eigenvalue weighted by atomic mass is 10.8. The van der Waals surface area contributed by atoms with Crippen LogP contribution in [-0.4, -0.2) is 15.9 Å². The number of rotatable bonds is 3. The van der Waals surface area contributed by atoms with E-state index in [2.05, 4.69) is 0 Å². The Morgan fingerprint density at radius 3 is 2.00 bits per heavy atom. The molecular formula is C4H11NOS2. The molecule has 0 fully saturated rings. The highest BCUT2D eigenvalue weighted by Gasteiger charge is 1.98. The van der Waals surface area contributed by atoms with Crippen LogP contribution in [0.3, 0.4) is 0 Å².